The van der Waals surface area contributed by atoms with Gasteiger partial charge in [-0.25, -0.2) is 0 Å². The molecule has 0 bridgehead atoms. The number of aryl methyl sites for hydroxylation is 2. The van der Waals surface area contributed by atoms with Gasteiger partial charge >= 0.3 is 0 Å². The second-order valence-electron chi connectivity index (χ2n) is 8.31. The number of nitrogens with zero attached hydrogens (tertiary/aromatic N) is 1. The van der Waals surface area contributed by atoms with Crippen LogP contribution in [0.25, 0.3) is 22.3 Å². The smallest absolute Gasteiger partial charge is 0.0373 e. The van der Waals surface area contributed by atoms with Gasteiger partial charge in [0.25, 0.3) is 0 Å². The van der Waals surface area contributed by atoms with E-state index in [1.807, 2.05) is 0 Å². The molecule has 1 heteroatoms. The standard InChI is InChI=1S/C25H27N/c1-16-12-17(2)23-21(13-16)22-15-19(26(5)6)14-20(24(22)25(23,3)4)18-10-8-7-9-11-18/h7-15H,1-6H3. The second kappa shape index (κ2) is 5.74. The maximum absolute atomic E-state index is 2.38. The van der Waals surface area contributed by atoms with Gasteiger partial charge in [-0.1, -0.05) is 61.9 Å². The van der Waals surface area contributed by atoms with Crippen LogP contribution >= 0.6 is 0 Å². The third kappa shape index (κ3) is 2.38. The van der Waals surface area contributed by atoms with Crippen molar-refractivity contribution in [3.05, 3.63) is 76.9 Å². The van der Waals surface area contributed by atoms with Gasteiger partial charge in [0, 0.05) is 25.2 Å². The van der Waals surface area contributed by atoms with Crippen LogP contribution in [-0.4, -0.2) is 14.1 Å². The molecule has 0 saturated carbocycles. The molecule has 0 aliphatic heterocycles. The molecule has 0 radical (unpaired) electrons. The largest absolute Gasteiger partial charge is 0.378 e. The van der Waals surface area contributed by atoms with Crippen LogP contribution in [0.15, 0.2) is 54.6 Å². The molecule has 1 nitrogen and oxygen atoms in total. The maximum atomic E-state index is 2.38. The van der Waals surface area contributed by atoms with Crippen LogP contribution < -0.4 is 4.90 Å². The van der Waals surface area contributed by atoms with E-state index in [0.717, 1.165) is 0 Å². The van der Waals surface area contributed by atoms with Gasteiger partial charge < -0.3 is 4.90 Å². The molecule has 0 fully saturated rings. The molecule has 0 spiro atoms. The van der Waals surface area contributed by atoms with E-state index in [-0.39, 0.29) is 5.41 Å². The zero-order chi connectivity index (χ0) is 18.6. The SMILES string of the molecule is Cc1cc(C)c2c(c1)-c1cc(N(C)C)cc(-c3ccccc3)c1C2(C)C. The van der Waals surface area contributed by atoms with Crippen molar-refractivity contribution in [3.8, 4) is 22.3 Å². The average Bonchev–Trinajstić information content (AvgIpc) is 2.82. The predicted molar refractivity (Wildman–Crippen MR) is 113 cm³/mol. The highest BCUT2D eigenvalue weighted by molar-refractivity contribution is 5.91. The molecule has 26 heavy (non-hydrogen) atoms. The van der Waals surface area contributed by atoms with Crippen molar-refractivity contribution in [1.82, 2.24) is 0 Å². The van der Waals surface area contributed by atoms with E-state index in [1.54, 1.807) is 0 Å². The Hall–Kier alpha value is -2.54. The third-order valence-corrected chi connectivity index (χ3v) is 5.74. The van der Waals surface area contributed by atoms with E-state index in [9.17, 15) is 0 Å². The summed E-state index contributed by atoms with van der Waals surface area (Å²) in [5.74, 6) is 0. The predicted octanol–water partition coefficient (Wildman–Crippen LogP) is 6.34. The van der Waals surface area contributed by atoms with Crippen molar-refractivity contribution in [2.45, 2.75) is 33.1 Å². The minimum absolute atomic E-state index is 0.00152. The first-order valence-electron chi connectivity index (χ1n) is 9.34. The summed E-state index contributed by atoms with van der Waals surface area (Å²) in [6.07, 6.45) is 0. The molecule has 132 valence electrons. The molecule has 0 aromatic heterocycles. The summed E-state index contributed by atoms with van der Waals surface area (Å²) >= 11 is 0. The molecular weight excluding hydrogens is 314 g/mol. The van der Waals surface area contributed by atoms with Gasteiger partial charge in [-0.15, -0.1) is 0 Å². The van der Waals surface area contributed by atoms with Crippen molar-refractivity contribution >= 4 is 5.69 Å². The van der Waals surface area contributed by atoms with E-state index < -0.39 is 0 Å². The lowest BCUT2D eigenvalue weighted by atomic mass is 9.77. The Balaban J connectivity index is 2.13. The summed E-state index contributed by atoms with van der Waals surface area (Å²) in [6.45, 7) is 9.21. The average molecular weight is 341 g/mol. The summed E-state index contributed by atoms with van der Waals surface area (Å²) in [5, 5.41) is 0. The lowest BCUT2D eigenvalue weighted by Gasteiger charge is -2.27. The Morgan fingerprint density at radius 2 is 1.35 bits per heavy atom. The van der Waals surface area contributed by atoms with E-state index in [0.29, 0.717) is 0 Å². The van der Waals surface area contributed by atoms with Crippen molar-refractivity contribution in [2.24, 2.45) is 0 Å². The van der Waals surface area contributed by atoms with Gasteiger partial charge in [0.05, 0.1) is 0 Å². The fourth-order valence-electron chi connectivity index (χ4n) is 4.75. The molecule has 1 aliphatic carbocycles. The monoisotopic (exact) mass is 341 g/mol. The quantitative estimate of drug-likeness (QED) is 0.525. The highest BCUT2D eigenvalue weighted by Crippen LogP contribution is 2.54. The van der Waals surface area contributed by atoms with Crippen molar-refractivity contribution in [2.75, 3.05) is 19.0 Å². The lowest BCUT2D eigenvalue weighted by molar-refractivity contribution is 0.657. The number of anilines is 1. The zero-order valence-corrected chi connectivity index (χ0v) is 16.6. The zero-order valence-electron chi connectivity index (χ0n) is 16.6. The number of benzene rings is 3. The highest BCUT2D eigenvalue weighted by Gasteiger charge is 2.39. The van der Waals surface area contributed by atoms with Crippen LogP contribution in [0, 0.1) is 13.8 Å². The normalized spacial score (nSPS) is 14.1. The lowest BCUT2D eigenvalue weighted by Crippen LogP contribution is -2.18. The van der Waals surface area contributed by atoms with Gasteiger partial charge in [0.1, 0.15) is 0 Å². The van der Waals surface area contributed by atoms with Gasteiger partial charge in [-0.2, -0.15) is 0 Å². The number of hydrogen-bond donors (Lipinski definition) is 0. The molecule has 3 aromatic carbocycles. The van der Waals surface area contributed by atoms with Crippen LogP contribution in [0.5, 0.6) is 0 Å². The Bertz CT molecular complexity index is 994. The fourth-order valence-corrected chi connectivity index (χ4v) is 4.75. The fraction of sp³-hybridized carbons (Fsp3) is 0.280. The molecule has 0 amide bonds. The summed E-state index contributed by atoms with van der Waals surface area (Å²) in [4.78, 5) is 2.21. The summed E-state index contributed by atoms with van der Waals surface area (Å²) in [6, 6.07) is 20.2. The number of rotatable bonds is 2. The Morgan fingerprint density at radius 1 is 0.731 bits per heavy atom. The van der Waals surface area contributed by atoms with Crippen LogP contribution in [-0.2, 0) is 5.41 Å². The minimum atomic E-state index is -0.00152. The molecule has 3 aromatic rings. The summed E-state index contributed by atoms with van der Waals surface area (Å²) < 4.78 is 0. The minimum Gasteiger partial charge on any atom is -0.378 e. The molecule has 0 N–H and O–H groups in total. The van der Waals surface area contributed by atoms with Crippen LogP contribution in [0.1, 0.15) is 36.1 Å². The molecule has 0 unspecified atom stereocenters. The highest BCUT2D eigenvalue weighted by atomic mass is 15.1. The van der Waals surface area contributed by atoms with Crippen molar-refractivity contribution in [1.29, 1.82) is 0 Å². The molecule has 0 saturated heterocycles. The Kier molecular flexibility index (Phi) is 3.73. The molecule has 1 aliphatic rings. The summed E-state index contributed by atoms with van der Waals surface area (Å²) in [5.41, 5.74) is 12.4. The van der Waals surface area contributed by atoms with Gasteiger partial charge in [-0.3, -0.25) is 0 Å². The molecule has 4 rings (SSSR count). The number of hydrogen-bond acceptors (Lipinski definition) is 1. The number of fused-ring (bicyclic) bond motifs is 3. The van der Waals surface area contributed by atoms with Crippen molar-refractivity contribution < 1.29 is 0 Å². The van der Waals surface area contributed by atoms with Gasteiger partial charge in [-0.05, 0) is 64.9 Å². The summed E-state index contributed by atoms with van der Waals surface area (Å²) in [7, 11) is 4.25. The van der Waals surface area contributed by atoms with E-state index in [2.05, 4.69) is 101 Å². The van der Waals surface area contributed by atoms with Crippen LogP contribution in [0.3, 0.4) is 0 Å². The van der Waals surface area contributed by atoms with E-state index in [4.69, 9.17) is 0 Å². The molecule has 0 atom stereocenters. The van der Waals surface area contributed by atoms with E-state index >= 15 is 0 Å². The van der Waals surface area contributed by atoms with Crippen LogP contribution in [0.4, 0.5) is 5.69 Å². The molecular formula is C25H27N. The Labute approximate surface area is 157 Å². The van der Waals surface area contributed by atoms with Crippen molar-refractivity contribution in [3.63, 3.8) is 0 Å². The maximum Gasteiger partial charge on any atom is 0.0373 e. The second-order valence-corrected chi connectivity index (χ2v) is 8.31. The first-order valence-corrected chi connectivity index (χ1v) is 9.34. The van der Waals surface area contributed by atoms with Gasteiger partial charge in [0.15, 0.2) is 0 Å². The first kappa shape index (κ1) is 16.9. The Morgan fingerprint density at radius 3 is 2.00 bits per heavy atom. The van der Waals surface area contributed by atoms with Gasteiger partial charge in [0.2, 0.25) is 0 Å². The van der Waals surface area contributed by atoms with E-state index in [1.165, 1.54) is 50.2 Å². The first-order chi connectivity index (χ1) is 12.3. The third-order valence-electron chi connectivity index (χ3n) is 5.74. The molecule has 0 heterocycles. The van der Waals surface area contributed by atoms with Crippen LogP contribution in [0.2, 0.25) is 0 Å². The topological polar surface area (TPSA) is 3.24 Å².